The number of rotatable bonds is 6. The lowest BCUT2D eigenvalue weighted by atomic mass is 10.2. The van der Waals surface area contributed by atoms with Crippen molar-refractivity contribution in [3.63, 3.8) is 0 Å². The molecule has 6 heteroatoms. The highest BCUT2D eigenvalue weighted by molar-refractivity contribution is 7.90. The summed E-state index contributed by atoms with van der Waals surface area (Å²) in [5, 5.41) is 0. The third kappa shape index (κ3) is 4.82. The number of sulfonamides is 1. The fraction of sp³-hybridized carbons (Fsp3) is 0.385. The van der Waals surface area contributed by atoms with Crippen molar-refractivity contribution in [1.29, 1.82) is 0 Å². The Hall–Kier alpha value is -1.69. The van der Waals surface area contributed by atoms with Crippen molar-refractivity contribution in [2.45, 2.75) is 31.6 Å². The Balaban J connectivity index is 2.75. The van der Waals surface area contributed by atoms with Crippen LogP contribution in [-0.2, 0) is 19.6 Å². The molecule has 0 aliphatic rings. The van der Waals surface area contributed by atoms with Gasteiger partial charge in [-0.15, -0.1) is 0 Å². The SMILES string of the molecule is CCCCOC(=O)C=NS(=O)(=O)c1ccccc1C. The quantitative estimate of drug-likeness (QED) is 0.455. The number of unbranched alkanes of at least 4 members (excludes halogenated alkanes) is 1. The van der Waals surface area contributed by atoms with Crippen LogP contribution >= 0.6 is 0 Å². The van der Waals surface area contributed by atoms with Gasteiger partial charge in [-0.3, -0.25) is 0 Å². The number of carbonyl (C=O) groups is 1. The van der Waals surface area contributed by atoms with Crippen LogP contribution in [0.4, 0.5) is 0 Å². The second kappa shape index (κ2) is 7.04. The lowest BCUT2D eigenvalue weighted by Gasteiger charge is -2.02. The molecule has 0 aliphatic heterocycles. The van der Waals surface area contributed by atoms with E-state index in [9.17, 15) is 13.2 Å². The van der Waals surface area contributed by atoms with Gasteiger partial charge in [-0.1, -0.05) is 31.5 Å². The molecule has 0 bridgehead atoms. The predicted molar refractivity (Wildman–Crippen MR) is 72.7 cm³/mol. The van der Waals surface area contributed by atoms with E-state index in [2.05, 4.69) is 4.40 Å². The van der Waals surface area contributed by atoms with Gasteiger partial charge in [-0.2, -0.15) is 12.8 Å². The zero-order valence-electron chi connectivity index (χ0n) is 11.0. The first-order valence-electron chi connectivity index (χ1n) is 6.00. The minimum absolute atomic E-state index is 0.0904. The average molecular weight is 283 g/mol. The van der Waals surface area contributed by atoms with Crippen LogP contribution in [0.25, 0.3) is 0 Å². The third-order valence-corrected chi connectivity index (χ3v) is 3.81. The third-order valence-electron chi connectivity index (χ3n) is 2.41. The number of ether oxygens (including phenoxy) is 1. The van der Waals surface area contributed by atoms with E-state index >= 15 is 0 Å². The molecule has 0 N–H and O–H groups in total. The Labute approximate surface area is 113 Å². The lowest BCUT2D eigenvalue weighted by Crippen LogP contribution is -2.09. The molecule has 0 heterocycles. The van der Waals surface area contributed by atoms with Crippen LogP contribution in [0.5, 0.6) is 0 Å². The summed E-state index contributed by atoms with van der Waals surface area (Å²) in [6.45, 7) is 3.90. The van der Waals surface area contributed by atoms with Crippen molar-refractivity contribution in [3.8, 4) is 0 Å². The Morgan fingerprint density at radius 3 is 2.68 bits per heavy atom. The minimum Gasteiger partial charge on any atom is -0.461 e. The number of esters is 1. The number of carbonyl (C=O) groups excluding carboxylic acids is 1. The number of hydrogen-bond acceptors (Lipinski definition) is 4. The van der Waals surface area contributed by atoms with Crippen LogP contribution in [0.1, 0.15) is 25.3 Å². The Morgan fingerprint density at radius 1 is 1.37 bits per heavy atom. The van der Waals surface area contributed by atoms with Gasteiger partial charge in [0.25, 0.3) is 10.0 Å². The van der Waals surface area contributed by atoms with Crippen molar-refractivity contribution in [3.05, 3.63) is 29.8 Å². The number of nitrogens with zero attached hydrogens (tertiary/aromatic N) is 1. The molecule has 19 heavy (non-hydrogen) atoms. The molecular formula is C13H17NO4S. The van der Waals surface area contributed by atoms with Crippen LogP contribution in [0.15, 0.2) is 33.6 Å². The van der Waals surface area contributed by atoms with Crippen molar-refractivity contribution in [2.75, 3.05) is 6.61 Å². The summed E-state index contributed by atoms with van der Waals surface area (Å²) in [5.41, 5.74) is 0.582. The smallest absolute Gasteiger partial charge is 0.350 e. The zero-order valence-corrected chi connectivity index (χ0v) is 11.8. The highest BCUT2D eigenvalue weighted by atomic mass is 32.2. The van der Waals surface area contributed by atoms with Gasteiger partial charge >= 0.3 is 5.97 Å². The molecule has 5 nitrogen and oxygen atoms in total. The summed E-state index contributed by atoms with van der Waals surface area (Å²) in [4.78, 5) is 11.3. The van der Waals surface area contributed by atoms with Crippen LogP contribution in [0, 0.1) is 6.92 Å². The van der Waals surface area contributed by atoms with Crippen LogP contribution in [-0.4, -0.2) is 27.2 Å². The van der Waals surface area contributed by atoms with Crippen LogP contribution in [0.3, 0.4) is 0 Å². The molecule has 0 unspecified atom stereocenters. The van der Waals surface area contributed by atoms with Gasteiger partial charge in [0.1, 0.15) is 6.21 Å². The molecule has 0 aromatic heterocycles. The standard InChI is InChI=1S/C13H17NO4S/c1-3-4-9-18-13(15)10-14-19(16,17)12-8-6-5-7-11(12)2/h5-8,10H,3-4,9H2,1-2H3. The summed E-state index contributed by atoms with van der Waals surface area (Å²) in [7, 11) is -3.85. The van der Waals surface area contributed by atoms with Crippen molar-refractivity contribution < 1.29 is 17.9 Å². The van der Waals surface area contributed by atoms with Gasteiger partial charge < -0.3 is 4.74 Å². The fourth-order valence-electron chi connectivity index (χ4n) is 1.37. The molecule has 0 aliphatic carbocycles. The number of hydrogen-bond donors (Lipinski definition) is 0. The summed E-state index contributed by atoms with van der Waals surface area (Å²) >= 11 is 0. The summed E-state index contributed by atoms with van der Waals surface area (Å²) in [6, 6.07) is 6.46. The lowest BCUT2D eigenvalue weighted by molar-refractivity contribution is -0.135. The van der Waals surface area contributed by atoms with E-state index in [1.807, 2.05) is 6.92 Å². The van der Waals surface area contributed by atoms with Crippen molar-refractivity contribution in [1.82, 2.24) is 0 Å². The van der Waals surface area contributed by atoms with E-state index in [1.54, 1.807) is 25.1 Å². The fourth-order valence-corrected chi connectivity index (χ4v) is 2.43. The zero-order chi connectivity index (χ0) is 14.3. The molecule has 1 aromatic rings. The van der Waals surface area contributed by atoms with E-state index in [-0.39, 0.29) is 11.5 Å². The maximum atomic E-state index is 11.9. The van der Waals surface area contributed by atoms with E-state index in [0.717, 1.165) is 12.8 Å². The molecule has 0 atom stereocenters. The Morgan fingerprint density at radius 2 is 2.05 bits per heavy atom. The second-order valence-electron chi connectivity index (χ2n) is 4.00. The first-order valence-corrected chi connectivity index (χ1v) is 7.44. The summed E-state index contributed by atoms with van der Waals surface area (Å²) in [6.07, 6.45) is 2.34. The normalized spacial score (nSPS) is 11.7. The largest absolute Gasteiger partial charge is 0.461 e. The monoisotopic (exact) mass is 283 g/mol. The molecule has 0 fully saturated rings. The average Bonchev–Trinajstić information content (AvgIpc) is 2.37. The van der Waals surface area contributed by atoms with E-state index in [1.165, 1.54) is 6.07 Å². The predicted octanol–water partition coefficient (Wildman–Crippen LogP) is 2.10. The molecule has 0 spiro atoms. The van der Waals surface area contributed by atoms with E-state index < -0.39 is 16.0 Å². The minimum atomic E-state index is -3.85. The summed E-state index contributed by atoms with van der Waals surface area (Å²) < 4.78 is 31.9. The molecule has 0 saturated heterocycles. The van der Waals surface area contributed by atoms with E-state index in [4.69, 9.17) is 4.74 Å². The highest BCUT2D eigenvalue weighted by Crippen LogP contribution is 2.16. The Kier molecular flexibility index (Phi) is 5.69. The molecule has 1 aromatic carbocycles. The van der Waals surface area contributed by atoms with Crippen molar-refractivity contribution in [2.24, 2.45) is 4.40 Å². The maximum Gasteiger partial charge on any atom is 0.350 e. The molecular weight excluding hydrogens is 266 g/mol. The Bertz CT molecular complexity index is 564. The number of benzene rings is 1. The highest BCUT2D eigenvalue weighted by Gasteiger charge is 2.14. The first-order chi connectivity index (χ1) is 8.97. The molecule has 0 saturated carbocycles. The van der Waals surface area contributed by atoms with Crippen LogP contribution in [0.2, 0.25) is 0 Å². The van der Waals surface area contributed by atoms with Crippen molar-refractivity contribution >= 4 is 22.2 Å². The first kappa shape index (κ1) is 15.4. The number of aryl methyl sites for hydroxylation is 1. The van der Waals surface area contributed by atoms with E-state index in [0.29, 0.717) is 11.8 Å². The molecule has 104 valence electrons. The molecule has 0 radical (unpaired) electrons. The second-order valence-corrected chi connectivity index (χ2v) is 5.60. The molecule has 1 rings (SSSR count). The maximum absolute atomic E-state index is 11.9. The topological polar surface area (TPSA) is 72.8 Å². The molecule has 0 amide bonds. The van der Waals surface area contributed by atoms with Gasteiger partial charge in [0.2, 0.25) is 0 Å². The summed E-state index contributed by atoms with van der Waals surface area (Å²) in [5.74, 6) is -0.745. The van der Waals surface area contributed by atoms with Gasteiger partial charge in [0, 0.05) is 0 Å². The van der Waals surface area contributed by atoms with Crippen LogP contribution < -0.4 is 0 Å². The van der Waals surface area contributed by atoms with Gasteiger partial charge in [0.05, 0.1) is 11.5 Å². The van der Waals surface area contributed by atoms with Gasteiger partial charge in [-0.25, -0.2) is 4.79 Å². The van der Waals surface area contributed by atoms with Gasteiger partial charge in [0.15, 0.2) is 0 Å². The van der Waals surface area contributed by atoms with Gasteiger partial charge in [-0.05, 0) is 25.0 Å².